The van der Waals surface area contributed by atoms with Gasteiger partial charge in [-0.3, -0.25) is 9.78 Å². The molecule has 0 atom stereocenters. The first-order chi connectivity index (χ1) is 8.72. The summed E-state index contributed by atoms with van der Waals surface area (Å²) >= 11 is 0. The number of rotatable bonds is 6. The predicted octanol–water partition coefficient (Wildman–Crippen LogP) is 2.39. The average molecular weight is 247 g/mol. The molecule has 0 aliphatic heterocycles. The predicted molar refractivity (Wildman–Crippen MR) is 72.7 cm³/mol. The van der Waals surface area contributed by atoms with Gasteiger partial charge in [-0.15, -0.1) is 0 Å². The number of nitrogens with one attached hydrogen (secondary N) is 1. The monoisotopic (exact) mass is 247 g/mol. The van der Waals surface area contributed by atoms with Gasteiger partial charge in [-0.05, 0) is 31.2 Å². The molecule has 1 N–H and O–H groups in total. The third kappa shape index (κ3) is 3.22. The standard InChI is InChI=1S/C14H21N3O/c1-3-7-16-13-9-15-8-6-12(13)14(18)17(2)10-11-4-5-11/h6,8-9,11,16H,3-5,7,10H2,1-2H3. The van der Waals surface area contributed by atoms with Crippen LogP contribution < -0.4 is 5.32 Å². The van der Waals surface area contributed by atoms with Crippen molar-refractivity contribution in [3.05, 3.63) is 24.0 Å². The van der Waals surface area contributed by atoms with Crippen LogP contribution in [0.2, 0.25) is 0 Å². The van der Waals surface area contributed by atoms with Crippen LogP contribution in [-0.4, -0.2) is 35.9 Å². The Bertz CT molecular complexity index is 415. The van der Waals surface area contributed by atoms with Gasteiger partial charge in [0, 0.05) is 26.3 Å². The quantitative estimate of drug-likeness (QED) is 0.839. The smallest absolute Gasteiger partial charge is 0.255 e. The molecular formula is C14H21N3O. The summed E-state index contributed by atoms with van der Waals surface area (Å²) in [6, 6.07) is 1.80. The van der Waals surface area contributed by atoms with Crippen molar-refractivity contribution in [3.8, 4) is 0 Å². The molecular weight excluding hydrogens is 226 g/mol. The fourth-order valence-electron chi connectivity index (χ4n) is 1.96. The van der Waals surface area contributed by atoms with Gasteiger partial charge in [0.1, 0.15) is 0 Å². The Balaban J connectivity index is 2.07. The maximum Gasteiger partial charge on any atom is 0.255 e. The topological polar surface area (TPSA) is 45.2 Å². The minimum absolute atomic E-state index is 0.0860. The van der Waals surface area contributed by atoms with E-state index in [2.05, 4.69) is 17.2 Å². The molecule has 18 heavy (non-hydrogen) atoms. The fourth-order valence-corrected chi connectivity index (χ4v) is 1.96. The zero-order valence-electron chi connectivity index (χ0n) is 11.1. The first kappa shape index (κ1) is 12.9. The molecule has 0 spiro atoms. The summed E-state index contributed by atoms with van der Waals surface area (Å²) in [4.78, 5) is 18.3. The second kappa shape index (κ2) is 5.85. The van der Waals surface area contributed by atoms with E-state index in [1.54, 1.807) is 18.5 Å². The molecule has 1 heterocycles. The highest BCUT2D eigenvalue weighted by Crippen LogP contribution is 2.30. The lowest BCUT2D eigenvalue weighted by molar-refractivity contribution is 0.0789. The number of amides is 1. The maximum atomic E-state index is 12.4. The van der Waals surface area contributed by atoms with Crippen molar-refractivity contribution >= 4 is 11.6 Å². The molecule has 0 radical (unpaired) electrons. The lowest BCUT2D eigenvalue weighted by atomic mass is 10.2. The van der Waals surface area contributed by atoms with E-state index in [4.69, 9.17) is 0 Å². The molecule has 1 aromatic rings. The third-order valence-electron chi connectivity index (χ3n) is 3.19. The highest BCUT2D eigenvalue weighted by Gasteiger charge is 2.26. The van der Waals surface area contributed by atoms with E-state index in [1.807, 2.05) is 11.9 Å². The van der Waals surface area contributed by atoms with E-state index >= 15 is 0 Å². The average Bonchev–Trinajstić information content (AvgIpc) is 3.19. The van der Waals surface area contributed by atoms with Crippen molar-refractivity contribution < 1.29 is 4.79 Å². The van der Waals surface area contributed by atoms with E-state index < -0.39 is 0 Å². The van der Waals surface area contributed by atoms with Crippen LogP contribution in [0.4, 0.5) is 5.69 Å². The van der Waals surface area contributed by atoms with E-state index in [9.17, 15) is 4.79 Å². The van der Waals surface area contributed by atoms with Crippen molar-refractivity contribution in [3.63, 3.8) is 0 Å². The van der Waals surface area contributed by atoms with Crippen LogP contribution in [-0.2, 0) is 0 Å². The maximum absolute atomic E-state index is 12.4. The van der Waals surface area contributed by atoms with Crippen LogP contribution in [0.3, 0.4) is 0 Å². The molecule has 1 saturated carbocycles. The highest BCUT2D eigenvalue weighted by molar-refractivity contribution is 5.99. The van der Waals surface area contributed by atoms with Crippen molar-refractivity contribution in [2.24, 2.45) is 5.92 Å². The molecule has 0 bridgehead atoms. The minimum atomic E-state index is 0.0860. The molecule has 4 nitrogen and oxygen atoms in total. The first-order valence-corrected chi connectivity index (χ1v) is 6.65. The van der Waals surface area contributed by atoms with Crippen LogP contribution in [0, 0.1) is 5.92 Å². The number of carbonyl (C=O) groups excluding carboxylic acids is 1. The van der Waals surface area contributed by atoms with Gasteiger partial charge < -0.3 is 10.2 Å². The molecule has 0 saturated heterocycles. The number of hydrogen-bond acceptors (Lipinski definition) is 3. The van der Waals surface area contributed by atoms with Crippen LogP contribution in [0.1, 0.15) is 36.5 Å². The Morgan fingerprint density at radius 3 is 3.00 bits per heavy atom. The molecule has 98 valence electrons. The zero-order chi connectivity index (χ0) is 13.0. The number of hydrogen-bond donors (Lipinski definition) is 1. The number of aromatic nitrogens is 1. The number of carbonyl (C=O) groups is 1. The van der Waals surface area contributed by atoms with E-state index in [1.165, 1.54) is 12.8 Å². The highest BCUT2D eigenvalue weighted by atomic mass is 16.2. The Morgan fingerprint density at radius 1 is 1.56 bits per heavy atom. The molecule has 1 aliphatic carbocycles. The van der Waals surface area contributed by atoms with Crippen molar-refractivity contribution in [2.45, 2.75) is 26.2 Å². The fraction of sp³-hybridized carbons (Fsp3) is 0.571. The van der Waals surface area contributed by atoms with Crippen molar-refractivity contribution in [1.29, 1.82) is 0 Å². The summed E-state index contributed by atoms with van der Waals surface area (Å²) in [5, 5.41) is 3.26. The van der Waals surface area contributed by atoms with Crippen LogP contribution in [0.15, 0.2) is 18.5 Å². The van der Waals surface area contributed by atoms with Gasteiger partial charge in [0.05, 0.1) is 17.4 Å². The zero-order valence-corrected chi connectivity index (χ0v) is 11.1. The van der Waals surface area contributed by atoms with Gasteiger partial charge in [-0.25, -0.2) is 0 Å². The number of nitrogens with zero attached hydrogens (tertiary/aromatic N) is 2. The molecule has 0 aromatic carbocycles. The molecule has 2 rings (SSSR count). The first-order valence-electron chi connectivity index (χ1n) is 6.65. The molecule has 4 heteroatoms. The van der Waals surface area contributed by atoms with Gasteiger partial charge in [-0.2, -0.15) is 0 Å². The van der Waals surface area contributed by atoms with Gasteiger partial charge in [0.15, 0.2) is 0 Å². The van der Waals surface area contributed by atoms with Gasteiger partial charge in [0.25, 0.3) is 5.91 Å². The summed E-state index contributed by atoms with van der Waals surface area (Å²) in [6.45, 7) is 3.83. The molecule has 1 aliphatic rings. The SMILES string of the molecule is CCCNc1cnccc1C(=O)N(C)CC1CC1. The minimum Gasteiger partial charge on any atom is -0.383 e. The third-order valence-corrected chi connectivity index (χ3v) is 3.19. The lowest BCUT2D eigenvalue weighted by Gasteiger charge is -2.19. The van der Waals surface area contributed by atoms with E-state index in [0.29, 0.717) is 5.92 Å². The molecule has 1 aromatic heterocycles. The summed E-state index contributed by atoms with van der Waals surface area (Å²) in [7, 11) is 1.88. The summed E-state index contributed by atoms with van der Waals surface area (Å²) in [5.41, 5.74) is 1.56. The summed E-state index contributed by atoms with van der Waals surface area (Å²) < 4.78 is 0. The second-order valence-corrected chi connectivity index (χ2v) is 4.98. The Hall–Kier alpha value is -1.58. The summed E-state index contributed by atoms with van der Waals surface area (Å²) in [6.07, 6.45) is 6.95. The summed E-state index contributed by atoms with van der Waals surface area (Å²) in [5.74, 6) is 0.802. The van der Waals surface area contributed by atoms with Gasteiger partial charge in [-0.1, -0.05) is 6.92 Å². The molecule has 0 unspecified atom stereocenters. The largest absolute Gasteiger partial charge is 0.383 e. The molecule has 1 amide bonds. The normalized spacial score (nSPS) is 14.3. The van der Waals surface area contributed by atoms with Crippen molar-refractivity contribution in [1.82, 2.24) is 9.88 Å². The van der Waals surface area contributed by atoms with E-state index in [0.717, 1.165) is 30.8 Å². The Kier molecular flexibility index (Phi) is 4.18. The van der Waals surface area contributed by atoms with Crippen LogP contribution >= 0.6 is 0 Å². The molecule has 1 fully saturated rings. The lowest BCUT2D eigenvalue weighted by Crippen LogP contribution is -2.29. The second-order valence-electron chi connectivity index (χ2n) is 4.98. The van der Waals surface area contributed by atoms with Crippen LogP contribution in [0.5, 0.6) is 0 Å². The Labute approximate surface area is 108 Å². The van der Waals surface area contributed by atoms with E-state index in [-0.39, 0.29) is 5.91 Å². The van der Waals surface area contributed by atoms with Crippen LogP contribution in [0.25, 0.3) is 0 Å². The van der Waals surface area contributed by atoms with Crippen molar-refractivity contribution in [2.75, 3.05) is 25.5 Å². The van der Waals surface area contributed by atoms with Gasteiger partial charge in [0.2, 0.25) is 0 Å². The number of pyridine rings is 1. The number of anilines is 1. The Morgan fingerprint density at radius 2 is 2.33 bits per heavy atom. The van der Waals surface area contributed by atoms with Gasteiger partial charge >= 0.3 is 0 Å².